The summed E-state index contributed by atoms with van der Waals surface area (Å²) < 4.78 is 0. The first-order valence-corrected chi connectivity index (χ1v) is 7.02. The van der Waals surface area contributed by atoms with Crippen molar-refractivity contribution in [3.63, 3.8) is 0 Å². The fourth-order valence-electron chi connectivity index (χ4n) is 3.30. The molecule has 0 saturated carbocycles. The summed E-state index contributed by atoms with van der Waals surface area (Å²) in [5.41, 5.74) is 5.57. The highest BCUT2D eigenvalue weighted by molar-refractivity contribution is 5.87. The van der Waals surface area contributed by atoms with Crippen LogP contribution in [0.4, 0.5) is 0 Å². The summed E-state index contributed by atoms with van der Waals surface area (Å²) in [5, 5.41) is 4.90. The zero-order chi connectivity index (χ0) is 12.5. The summed E-state index contributed by atoms with van der Waals surface area (Å²) in [6, 6.07) is 4.55. The van der Waals surface area contributed by atoms with E-state index in [1.165, 1.54) is 59.9 Å². The van der Waals surface area contributed by atoms with Crippen molar-refractivity contribution >= 4 is 10.9 Å². The first-order chi connectivity index (χ1) is 8.74. The van der Waals surface area contributed by atoms with Gasteiger partial charge in [-0.1, -0.05) is 6.07 Å². The maximum atomic E-state index is 3.44. The number of nitrogens with one attached hydrogen (secondary N) is 2. The lowest BCUT2D eigenvalue weighted by molar-refractivity contribution is 0.373. The standard InChI is InChI=1S/C16H22N2/c1-11-7-12(2)16-14(10-18-15(16)8-11)9-13-3-5-17-6-4-13/h7-8,10,13,17-18H,3-6,9H2,1-2H3. The van der Waals surface area contributed by atoms with Gasteiger partial charge in [-0.25, -0.2) is 0 Å². The van der Waals surface area contributed by atoms with Gasteiger partial charge in [0.05, 0.1) is 0 Å². The van der Waals surface area contributed by atoms with Crippen molar-refractivity contribution in [1.29, 1.82) is 0 Å². The van der Waals surface area contributed by atoms with Crippen LogP contribution in [0, 0.1) is 19.8 Å². The molecule has 2 N–H and O–H groups in total. The van der Waals surface area contributed by atoms with E-state index in [2.05, 4.69) is 42.5 Å². The molecule has 1 aromatic heterocycles. The normalized spacial score (nSPS) is 17.4. The number of hydrogen-bond acceptors (Lipinski definition) is 1. The average Bonchev–Trinajstić information content (AvgIpc) is 2.73. The third kappa shape index (κ3) is 2.17. The molecule has 1 fully saturated rings. The first-order valence-electron chi connectivity index (χ1n) is 7.02. The Kier molecular flexibility index (Phi) is 3.13. The average molecular weight is 242 g/mol. The molecule has 0 unspecified atom stereocenters. The van der Waals surface area contributed by atoms with Gasteiger partial charge in [-0.2, -0.15) is 0 Å². The van der Waals surface area contributed by atoms with Gasteiger partial charge in [0.15, 0.2) is 0 Å². The monoisotopic (exact) mass is 242 g/mol. The molecule has 2 nitrogen and oxygen atoms in total. The van der Waals surface area contributed by atoms with Crippen molar-refractivity contribution < 1.29 is 0 Å². The minimum Gasteiger partial charge on any atom is -0.361 e. The zero-order valence-electron chi connectivity index (χ0n) is 11.3. The van der Waals surface area contributed by atoms with Crippen LogP contribution in [0.25, 0.3) is 10.9 Å². The Morgan fingerprint density at radius 3 is 2.72 bits per heavy atom. The largest absolute Gasteiger partial charge is 0.361 e. The molecular weight excluding hydrogens is 220 g/mol. The van der Waals surface area contributed by atoms with Crippen LogP contribution in [0.2, 0.25) is 0 Å². The minimum absolute atomic E-state index is 0.853. The van der Waals surface area contributed by atoms with Gasteiger partial charge in [0.2, 0.25) is 0 Å². The van der Waals surface area contributed by atoms with E-state index in [0.29, 0.717) is 0 Å². The summed E-state index contributed by atoms with van der Waals surface area (Å²) >= 11 is 0. The zero-order valence-corrected chi connectivity index (χ0v) is 11.3. The van der Waals surface area contributed by atoms with Gasteiger partial charge in [-0.3, -0.25) is 0 Å². The summed E-state index contributed by atoms with van der Waals surface area (Å²) in [5.74, 6) is 0.853. The van der Waals surface area contributed by atoms with Crippen LogP contribution in [-0.2, 0) is 6.42 Å². The molecule has 1 aliphatic heterocycles. The molecule has 0 spiro atoms. The maximum absolute atomic E-state index is 3.44. The van der Waals surface area contributed by atoms with E-state index in [9.17, 15) is 0 Å². The van der Waals surface area contributed by atoms with Crippen LogP contribution in [0.15, 0.2) is 18.3 Å². The minimum atomic E-state index is 0.853. The summed E-state index contributed by atoms with van der Waals surface area (Å²) in [6.07, 6.45) is 6.08. The fraction of sp³-hybridized carbons (Fsp3) is 0.500. The molecule has 0 atom stereocenters. The highest BCUT2D eigenvalue weighted by Gasteiger charge is 2.16. The molecule has 0 radical (unpaired) electrons. The Hall–Kier alpha value is -1.28. The van der Waals surface area contributed by atoms with E-state index in [4.69, 9.17) is 0 Å². The van der Waals surface area contributed by atoms with Crippen LogP contribution in [0.5, 0.6) is 0 Å². The number of rotatable bonds is 2. The lowest BCUT2D eigenvalue weighted by Gasteiger charge is -2.22. The van der Waals surface area contributed by atoms with Crippen molar-refractivity contribution in [3.05, 3.63) is 35.0 Å². The molecule has 96 valence electrons. The topological polar surface area (TPSA) is 27.8 Å². The van der Waals surface area contributed by atoms with E-state index in [1.54, 1.807) is 0 Å². The fourth-order valence-corrected chi connectivity index (χ4v) is 3.30. The third-order valence-electron chi connectivity index (χ3n) is 4.17. The molecule has 2 heterocycles. The molecule has 2 aromatic rings. The second-order valence-corrected chi connectivity index (χ2v) is 5.72. The van der Waals surface area contributed by atoms with Crippen molar-refractivity contribution in [1.82, 2.24) is 10.3 Å². The Morgan fingerprint density at radius 2 is 1.94 bits per heavy atom. The lowest BCUT2D eigenvalue weighted by Crippen LogP contribution is -2.28. The van der Waals surface area contributed by atoms with E-state index >= 15 is 0 Å². The van der Waals surface area contributed by atoms with Gasteiger partial charge in [0.25, 0.3) is 0 Å². The maximum Gasteiger partial charge on any atom is 0.0462 e. The molecule has 3 rings (SSSR count). The van der Waals surface area contributed by atoms with Gasteiger partial charge in [-0.15, -0.1) is 0 Å². The van der Waals surface area contributed by atoms with Gasteiger partial charge < -0.3 is 10.3 Å². The molecule has 0 aliphatic carbocycles. The molecule has 1 saturated heterocycles. The van der Waals surface area contributed by atoms with Crippen LogP contribution >= 0.6 is 0 Å². The molecule has 1 aromatic carbocycles. The number of aromatic amines is 1. The number of hydrogen-bond donors (Lipinski definition) is 2. The second-order valence-electron chi connectivity index (χ2n) is 5.72. The van der Waals surface area contributed by atoms with E-state index in [1.807, 2.05) is 0 Å². The Balaban J connectivity index is 1.92. The van der Waals surface area contributed by atoms with E-state index < -0.39 is 0 Å². The summed E-state index contributed by atoms with van der Waals surface area (Å²) in [4.78, 5) is 3.44. The summed E-state index contributed by atoms with van der Waals surface area (Å²) in [7, 11) is 0. The van der Waals surface area contributed by atoms with Crippen molar-refractivity contribution in [2.24, 2.45) is 5.92 Å². The smallest absolute Gasteiger partial charge is 0.0462 e. The van der Waals surface area contributed by atoms with Crippen LogP contribution < -0.4 is 5.32 Å². The SMILES string of the molecule is Cc1cc(C)c2c(CC3CCNCC3)c[nH]c2c1. The summed E-state index contributed by atoms with van der Waals surface area (Å²) in [6.45, 7) is 6.77. The van der Waals surface area contributed by atoms with Gasteiger partial charge in [0.1, 0.15) is 0 Å². The number of piperidine rings is 1. The molecule has 18 heavy (non-hydrogen) atoms. The number of aromatic nitrogens is 1. The highest BCUT2D eigenvalue weighted by Crippen LogP contribution is 2.27. The van der Waals surface area contributed by atoms with Gasteiger partial charge in [-0.05, 0) is 74.9 Å². The predicted molar refractivity (Wildman–Crippen MR) is 77.1 cm³/mol. The predicted octanol–water partition coefficient (Wildman–Crippen LogP) is 3.33. The molecule has 1 aliphatic rings. The van der Waals surface area contributed by atoms with Crippen molar-refractivity contribution in [2.75, 3.05) is 13.1 Å². The first kappa shape index (κ1) is 11.8. The number of aryl methyl sites for hydroxylation is 2. The van der Waals surface area contributed by atoms with Crippen molar-refractivity contribution in [2.45, 2.75) is 33.1 Å². The van der Waals surface area contributed by atoms with Crippen LogP contribution in [-0.4, -0.2) is 18.1 Å². The highest BCUT2D eigenvalue weighted by atomic mass is 14.9. The van der Waals surface area contributed by atoms with Crippen LogP contribution in [0.3, 0.4) is 0 Å². The number of benzene rings is 1. The van der Waals surface area contributed by atoms with Crippen molar-refractivity contribution in [3.8, 4) is 0 Å². The van der Waals surface area contributed by atoms with E-state index in [-0.39, 0.29) is 0 Å². The Bertz CT molecular complexity index is 547. The lowest BCUT2D eigenvalue weighted by atomic mass is 9.90. The van der Waals surface area contributed by atoms with E-state index in [0.717, 1.165) is 5.92 Å². The second kappa shape index (κ2) is 4.77. The molecule has 2 heteroatoms. The molecular formula is C16H22N2. The quantitative estimate of drug-likeness (QED) is 0.830. The van der Waals surface area contributed by atoms with Gasteiger partial charge in [0, 0.05) is 17.1 Å². The Morgan fingerprint density at radius 1 is 1.17 bits per heavy atom. The third-order valence-corrected chi connectivity index (χ3v) is 4.17. The number of fused-ring (bicyclic) bond motifs is 1. The molecule has 0 amide bonds. The number of H-pyrrole nitrogens is 1. The van der Waals surface area contributed by atoms with Gasteiger partial charge >= 0.3 is 0 Å². The Labute approximate surface area is 109 Å². The van der Waals surface area contributed by atoms with Crippen LogP contribution in [0.1, 0.15) is 29.5 Å². The molecule has 0 bridgehead atoms.